The number of hydrogen-bond acceptors (Lipinski definition) is 3. The molecule has 2 aromatic rings. The van der Waals surface area contributed by atoms with Gasteiger partial charge in [-0.05, 0) is 48.2 Å². The molecule has 4 heteroatoms. The van der Waals surface area contributed by atoms with Crippen molar-refractivity contribution in [3.05, 3.63) is 64.7 Å². The van der Waals surface area contributed by atoms with Gasteiger partial charge < -0.3 is 9.47 Å². The van der Waals surface area contributed by atoms with Crippen molar-refractivity contribution >= 4 is 18.1 Å². The van der Waals surface area contributed by atoms with E-state index in [1.54, 1.807) is 6.92 Å². The van der Waals surface area contributed by atoms with Gasteiger partial charge in [0.1, 0.15) is 5.75 Å². The molecule has 1 aliphatic carbocycles. The van der Waals surface area contributed by atoms with Gasteiger partial charge in [-0.3, -0.25) is 4.79 Å². The van der Waals surface area contributed by atoms with E-state index in [4.69, 9.17) is 21.1 Å². The SMILES string of the molecule is CCC(C)(OC=O)Oc1ccc(C2(c3ccc(Cl)cc3)CCCCC2)cc1. The van der Waals surface area contributed by atoms with Gasteiger partial charge in [-0.2, -0.15) is 0 Å². The van der Waals surface area contributed by atoms with Crippen LogP contribution in [0.5, 0.6) is 5.75 Å². The third kappa shape index (κ3) is 4.30. The van der Waals surface area contributed by atoms with Crippen molar-refractivity contribution in [1.29, 1.82) is 0 Å². The molecule has 1 saturated carbocycles. The fraction of sp³-hybridized carbons (Fsp3) is 0.435. The van der Waals surface area contributed by atoms with E-state index in [0.29, 0.717) is 18.6 Å². The molecule has 3 nitrogen and oxygen atoms in total. The summed E-state index contributed by atoms with van der Waals surface area (Å²) in [6, 6.07) is 16.5. The predicted octanol–water partition coefficient (Wildman–Crippen LogP) is 6.27. The summed E-state index contributed by atoms with van der Waals surface area (Å²) in [5.74, 6) is -0.242. The maximum absolute atomic E-state index is 10.7. The molecule has 144 valence electrons. The average molecular weight is 387 g/mol. The van der Waals surface area contributed by atoms with E-state index in [1.807, 2.05) is 31.2 Å². The van der Waals surface area contributed by atoms with Crippen molar-refractivity contribution in [1.82, 2.24) is 0 Å². The predicted molar refractivity (Wildman–Crippen MR) is 108 cm³/mol. The highest BCUT2D eigenvalue weighted by Crippen LogP contribution is 2.45. The Morgan fingerprint density at radius 2 is 1.56 bits per heavy atom. The summed E-state index contributed by atoms with van der Waals surface area (Å²) in [7, 11) is 0. The van der Waals surface area contributed by atoms with E-state index in [0.717, 1.165) is 17.9 Å². The molecule has 0 aliphatic heterocycles. The first-order valence-electron chi connectivity index (χ1n) is 9.68. The van der Waals surface area contributed by atoms with Crippen molar-refractivity contribution in [2.75, 3.05) is 0 Å². The summed E-state index contributed by atoms with van der Waals surface area (Å²) in [5.41, 5.74) is 2.64. The quantitative estimate of drug-likeness (QED) is 0.415. The summed E-state index contributed by atoms with van der Waals surface area (Å²) < 4.78 is 11.0. The highest BCUT2D eigenvalue weighted by Gasteiger charge is 2.35. The van der Waals surface area contributed by atoms with Crippen LogP contribution in [0.15, 0.2) is 48.5 Å². The third-order valence-corrected chi connectivity index (χ3v) is 6.04. The fourth-order valence-corrected chi connectivity index (χ4v) is 4.17. The second-order valence-corrected chi connectivity index (χ2v) is 7.91. The molecule has 0 heterocycles. The van der Waals surface area contributed by atoms with Crippen molar-refractivity contribution in [3.63, 3.8) is 0 Å². The molecule has 0 saturated heterocycles. The summed E-state index contributed by atoms with van der Waals surface area (Å²) in [6.45, 7) is 4.14. The molecule has 27 heavy (non-hydrogen) atoms. The molecule has 3 rings (SSSR count). The molecule has 2 aromatic carbocycles. The summed E-state index contributed by atoms with van der Waals surface area (Å²) in [6.07, 6.45) is 6.58. The number of halogens is 1. The van der Waals surface area contributed by atoms with E-state index in [-0.39, 0.29) is 5.41 Å². The Hall–Kier alpha value is -2.00. The first kappa shape index (κ1) is 19.8. The lowest BCUT2D eigenvalue weighted by Crippen LogP contribution is -2.34. The first-order valence-corrected chi connectivity index (χ1v) is 10.1. The highest BCUT2D eigenvalue weighted by atomic mass is 35.5. The number of ether oxygens (including phenoxy) is 2. The molecule has 1 unspecified atom stereocenters. The van der Waals surface area contributed by atoms with Gasteiger partial charge in [0.15, 0.2) is 0 Å². The summed E-state index contributed by atoms with van der Waals surface area (Å²) >= 11 is 6.11. The monoisotopic (exact) mass is 386 g/mol. The molecule has 1 aliphatic rings. The molecule has 0 spiro atoms. The average Bonchev–Trinajstić information content (AvgIpc) is 2.70. The van der Waals surface area contributed by atoms with Gasteiger partial charge in [0.2, 0.25) is 0 Å². The lowest BCUT2D eigenvalue weighted by Gasteiger charge is -2.39. The molecule has 0 radical (unpaired) electrons. The molecular weight excluding hydrogens is 360 g/mol. The van der Waals surface area contributed by atoms with E-state index >= 15 is 0 Å². The molecular formula is C23H27ClO3. The highest BCUT2D eigenvalue weighted by molar-refractivity contribution is 6.30. The molecule has 1 fully saturated rings. The number of rotatable bonds is 7. The molecule has 0 amide bonds. The van der Waals surface area contributed by atoms with Crippen LogP contribution < -0.4 is 4.74 Å². The van der Waals surface area contributed by atoms with Crippen LogP contribution in [-0.4, -0.2) is 12.3 Å². The molecule has 0 aromatic heterocycles. The molecule has 0 N–H and O–H groups in total. The van der Waals surface area contributed by atoms with Gasteiger partial charge in [-0.15, -0.1) is 0 Å². The lowest BCUT2D eigenvalue weighted by molar-refractivity contribution is -0.177. The van der Waals surface area contributed by atoms with E-state index in [9.17, 15) is 4.79 Å². The minimum atomic E-state index is -0.942. The third-order valence-electron chi connectivity index (χ3n) is 5.78. The molecule has 1 atom stereocenters. The minimum Gasteiger partial charge on any atom is -0.453 e. The lowest BCUT2D eigenvalue weighted by atomic mass is 9.65. The van der Waals surface area contributed by atoms with Crippen LogP contribution in [0.2, 0.25) is 5.02 Å². The zero-order valence-electron chi connectivity index (χ0n) is 16.0. The first-order chi connectivity index (χ1) is 13.0. The van der Waals surface area contributed by atoms with E-state index in [2.05, 4.69) is 24.3 Å². The van der Waals surface area contributed by atoms with E-state index in [1.165, 1.54) is 30.4 Å². The Morgan fingerprint density at radius 1 is 1.00 bits per heavy atom. The Kier molecular flexibility index (Phi) is 6.11. The Bertz CT molecular complexity index is 748. The van der Waals surface area contributed by atoms with Crippen molar-refractivity contribution < 1.29 is 14.3 Å². The zero-order chi connectivity index (χ0) is 19.3. The zero-order valence-corrected chi connectivity index (χ0v) is 16.8. The van der Waals surface area contributed by atoms with Crippen molar-refractivity contribution in [2.24, 2.45) is 0 Å². The minimum absolute atomic E-state index is 0.0225. The second kappa shape index (κ2) is 8.35. The number of carbonyl (C=O) groups excluding carboxylic acids is 1. The van der Waals surface area contributed by atoms with Gasteiger partial charge in [-0.25, -0.2) is 0 Å². The number of carbonyl (C=O) groups is 1. The smallest absolute Gasteiger partial charge is 0.296 e. The van der Waals surface area contributed by atoms with Gasteiger partial charge in [0.25, 0.3) is 12.3 Å². The van der Waals surface area contributed by atoms with Crippen molar-refractivity contribution in [3.8, 4) is 5.75 Å². The maximum atomic E-state index is 10.7. The van der Waals surface area contributed by atoms with Gasteiger partial charge in [-0.1, -0.05) is 62.1 Å². The van der Waals surface area contributed by atoms with Crippen LogP contribution in [0.25, 0.3) is 0 Å². The fourth-order valence-electron chi connectivity index (χ4n) is 4.04. The van der Waals surface area contributed by atoms with Crippen LogP contribution >= 0.6 is 11.6 Å². The topological polar surface area (TPSA) is 35.5 Å². The van der Waals surface area contributed by atoms with Crippen LogP contribution in [0.1, 0.15) is 63.5 Å². The van der Waals surface area contributed by atoms with Gasteiger partial charge in [0, 0.05) is 23.8 Å². The summed E-state index contributed by atoms with van der Waals surface area (Å²) in [5, 5.41) is 0.766. The second-order valence-electron chi connectivity index (χ2n) is 7.48. The van der Waals surface area contributed by atoms with Crippen LogP contribution in [0, 0.1) is 0 Å². The van der Waals surface area contributed by atoms with Crippen LogP contribution in [0.3, 0.4) is 0 Å². The summed E-state index contributed by atoms with van der Waals surface area (Å²) in [4.78, 5) is 10.7. The van der Waals surface area contributed by atoms with Gasteiger partial charge >= 0.3 is 0 Å². The van der Waals surface area contributed by atoms with Crippen LogP contribution in [0.4, 0.5) is 0 Å². The standard InChI is InChI=1S/C23H27ClO3/c1-3-22(2,26-17-25)27-21-13-9-19(10-14-21)23(15-5-4-6-16-23)18-7-11-20(24)12-8-18/h7-14,17H,3-6,15-16H2,1-2H3. The van der Waals surface area contributed by atoms with Crippen molar-refractivity contribution in [2.45, 2.75) is 63.6 Å². The Labute approximate surface area is 166 Å². The number of benzene rings is 2. The Balaban J connectivity index is 1.90. The molecule has 0 bridgehead atoms. The van der Waals surface area contributed by atoms with Crippen LogP contribution in [-0.2, 0) is 14.9 Å². The van der Waals surface area contributed by atoms with E-state index < -0.39 is 5.79 Å². The Morgan fingerprint density at radius 3 is 2.07 bits per heavy atom. The maximum Gasteiger partial charge on any atom is 0.296 e. The number of hydrogen-bond donors (Lipinski definition) is 0. The van der Waals surface area contributed by atoms with Gasteiger partial charge in [0.05, 0.1) is 0 Å². The normalized spacial score (nSPS) is 18.3. The largest absolute Gasteiger partial charge is 0.453 e.